The van der Waals surface area contributed by atoms with Gasteiger partial charge in [-0.1, -0.05) is 13.0 Å². The third-order valence-electron chi connectivity index (χ3n) is 4.78. The summed E-state index contributed by atoms with van der Waals surface area (Å²) < 4.78 is 0. The highest BCUT2D eigenvalue weighted by Crippen LogP contribution is 2.46. The summed E-state index contributed by atoms with van der Waals surface area (Å²) in [5.41, 5.74) is -1.27. The molecule has 0 spiro atoms. The Morgan fingerprint density at radius 2 is 2.11 bits per heavy atom. The van der Waals surface area contributed by atoms with Gasteiger partial charge in [0.1, 0.15) is 0 Å². The summed E-state index contributed by atoms with van der Waals surface area (Å²) in [7, 11) is 0. The zero-order valence-electron chi connectivity index (χ0n) is 12.3. The summed E-state index contributed by atoms with van der Waals surface area (Å²) in [5.74, 6) is -0.815. The van der Waals surface area contributed by atoms with Crippen molar-refractivity contribution >= 4 is 5.97 Å². The summed E-state index contributed by atoms with van der Waals surface area (Å²) in [6.45, 7) is 7.15. The van der Waals surface area contributed by atoms with Gasteiger partial charge in [-0.2, -0.15) is 0 Å². The predicted molar refractivity (Wildman–Crippen MR) is 73.8 cm³/mol. The maximum absolute atomic E-state index is 10.7. The highest BCUT2D eigenvalue weighted by Gasteiger charge is 2.47. The van der Waals surface area contributed by atoms with E-state index in [1.165, 1.54) is 0 Å². The molecule has 0 aromatic rings. The molecular formula is C15H26O4. The fourth-order valence-electron chi connectivity index (χ4n) is 3.06. The number of aliphatic hydroxyl groups is 2. The van der Waals surface area contributed by atoms with E-state index in [0.29, 0.717) is 24.8 Å². The number of aliphatic carboxylic acids is 1. The molecule has 19 heavy (non-hydrogen) atoms. The molecule has 0 unspecified atom stereocenters. The molecule has 0 aromatic heterocycles. The molecule has 0 radical (unpaired) electrons. The molecular weight excluding hydrogens is 244 g/mol. The van der Waals surface area contributed by atoms with Crippen molar-refractivity contribution in [3.8, 4) is 0 Å². The SMILES string of the molecule is CC(=CCC[C@](C)(O)[C@@H]1CC[C@@](C)(O)[C@H]1C)C(=O)O. The molecule has 1 aliphatic carbocycles. The van der Waals surface area contributed by atoms with Crippen molar-refractivity contribution < 1.29 is 20.1 Å². The largest absolute Gasteiger partial charge is 0.478 e. The lowest BCUT2D eigenvalue weighted by atomic mass is 9.76. The molecule has 1 aliphatic rings. The quantitative estimate of drug-likeness (QED) is 0.670. The fourth-order valence-corrected chi connectivity index (χ4v) is 3.06. The van der Waals surface area contributed by atoms with Crippen LogP contribution in [0, 0.1) is 11.8 Å². The Bertz CT molecular complexity index is 368. The number of hydrogen-bond acceptors (Lipinski definition) is 3. The van der Waals surface area contributed by atoms with Gasteiger partial charge in [0.15, 0.2) is 0 Å². The van der Waals surface area contributed by atoms with E-state index < -0.39 is 17.2 Å². The molecule has 0 heterocycles. The van der Waals surface area contributed by atoms with E-state index in [9.17, 15) is 15.0 Å². The first-order chi connectivity index (χ1) is 8.58. The van der Waals surface area contributed by atoms with Gasteiger partial charge in [0.2, 0.25) is 0 Å². The number of hydrogen-bond donors (Lipinski definition) is 3. The second-order valence-electron chi connectivity index (χ2n) is 6.38. The Labute approximate surface area is 115 Å². The van der Waals surface area contributed by atoms with Crippen LogP contribution >= 0.6 is 0 Å². The molecule has 4 nitrogen and oxygen atoms in total. The van der Waals surface area contributed by atoms with Crippen LogP contribution in [-0.2, 0) is 4.79 Å². The third-order valence-corrected chi connectivity index (χ3v) is 4.78. The Morgan fingerprint density at radius 3 is 2.53 bits per heavy atom. The van der Waals surface area contributed by atoms with E-state index in [1.807, 2.05) is 13.8 Å². The molecule has 4 heteroatoms. The van der Waals surface area contributed by atoms with Gasteiger partial charge in [0.05, 0.1) is 11.2 Å². The second kappa shape index (κ2) is 5.63. The number of carbonyl (C=O) groups is 1. The minimum Gasteiger partial charge on any atom is -0.478 e. The first-order valence-corrected chi connectivity index (χ1v) is 6.93. The minimum absolute atomic E-state index is 0.0482. The molecule has 1 rings (SSSR count). The number of carboxylic acids is 1. The molecule has 1 saturated carbocycles. The Hall–Kier alpha value is -0.870. The normalized spacial score (nSPS) is 35.2. The highest BCUT2D eigenvalue weighted by atomic mass is 16.4. The van der Waals surface area contributed by atoms with Gasteiger partial charge < -0.3 is 15.3 Å². The Balaban J connectivity index is 2.62. The maximum atomic E-state index is 10.7. The van der Waals surface area contributed by atoms with Crippen LogP contribution in [0.2, 0.25) is 0 Å². The topological polar surface area (TPSA) is 77.8 Å². The number of rotatable bonds is 5. The summed E-state index contributed by atoms with van der Waals surface area (Å²) in [6.07, 6.45) is 4.22. The zero-order valence-corrected chi connectivity index (χ0v) is 12.3. The maximum Gasteiger partial charge on any atom is 0.330 e. The van der Waals surface area contributed by atoms with Gasteiger partial charge >= 0.3 is 5.97 Å². The van der Waals surface area contributed by atoms with Gasteiger partial charge in [0, 0.05) is 5.57 Å². The van der Waals surface area contributed by atoms with E-state index in [-0.39, 0.29) is 11.8 Å². The summed E-state index contributed by atoms with van der Waals surface area (Å²) >= 11 is 0. The summed E-state index contributed by atoms with van der Waals surface area (Å²) in [4.78, 5) is 10.7. The number of carboxylic acid groups (broad SMARTS) is 1. The van der Waals surface area contributed by atoms with Crippen molar-refractivity contribution in [2.24, 2.45) is 11.8 Å². The van der Waals surface area contributed by atoms with Crippen LogP contribution < -0.4 is 0 Å². The van der Waals surface area contributed by atoms with E-state index in [2.05, 4.69) is 0 Å². The molecule has 3 N–H and O–H groups in total. The van der Waals surface area contributed by atoms with Crippen LogP contribution in [-0.4, -0.2) is 32.5 Å². The average molecular weight is 270 g/mol. The van der Waals surface area contributed by atoms with Gasteiger partial charge in [-0.3, -0.25) is 0 Å². The lowest BCUT2D eigenvalue weighted by Gasteiger charge is -2.35. The number of allylic oxidation sites excluding steroid dienone is 1. The second-order valence-corrected chi connectivity index (χ2v) is 6.38. The highest BCUT2D eigenvalue weighted by molar-refractivity contribution is 5.85. The van der Waals surface area contributed by atoms with Crippen molar-refractivity contribution in [1.29, 1.82) is 0 Å². The van der Waals surface area contributed by atoms with Gasteiger partial charge in [-0.25, -0.2) is 4.79 Å². The average Bonchev–Trinajstić information content (AvgIpc) is 2.54. The minimum atomic E-state index is -0.920. The van der Waals surface area contributed by atoms with Crippen LogP contribution in [0.15, 0.2) is 11.6 Å². The first-order valence-electron chi connectivity index (χ1n) is 6.93. The van der Waals surface area contributed by atoms with Crippen molar-refractivity contribution in [3.63, 3.8) is 0 Å². The lowest BCUT2D eigenvalue weighted by Crippen LogP contribution is -2.40. The molecule has 110 valence electrons. The van der Waals surface area contributed by atoms with Crippen LogP contribution in [0.1, 0.15) is 53.4 Å². The summed E-state index contributed by atoms with van der Waals surface area (Å²) in [6, 6.07) is 0. The molecule has 1 fully saturated rings. The van der Waals surface area contributed by atoms with E-state index >= 15 is 0 Å². The van der Waals surface area contributed by atoms with Gasteiger partial charge in [0.25, 0.3) is 0 Å². The molecule has 4 atom stereocenters. The van der Waals surface area contributed by atoms with Crippen molar-refractivity contribution in [2.45, 2.75) is 64.6 Å². The fraction of sp³-hybridized carbons (Fsp3) is 0.800. The van der Waals surface area contributed by atoms with Crippen molar-refractivity contribution in [3.05, 3.63) is 11.6 Å². The summed E-state index contributed by atoms with van der Waals surface area (Å²) in [5, 5.41) is 29.5. The van der Waals surface area contributed by atoms with E-state index in [0.717, 1.165) is 6.42 Å². The molecule has 0 bridgehead atoms. The Morgan fingerprint density at radius 1 is 1.53 bits per heavy atom. The smallest absolute Gasteiger partial charge is 0.330 e. The molecule has 0 saturated heterocycles. The van der Waals surface area contributed by atoms with Gasteiger partial charge in [-0.05, 0) is 58.3 Å². The Kier molecular flexibility index (Phi) is 4.80. The lowest BCUT2D eigenvalue weighted by molar-refractivity contribution is -0.132. The predicted octanol–water partition coefficient (Wildman–Crippen LogP) is 2.35. The monoisotopic (exact) mass is 270 g/mol. The zero-order chi connectivity index (χ0) is 14.8. The van der Waals surface area contributed by atoms with Crippen LogP contribution in [0.25, 0.3) is 0 Å². The first kappa shape index (κ1) is 16.2. The molecule has 0 amide bonds. The van der Waals surface area contributed by atoms with Crippen molar-refractivity contribution in [1.82, 2.24) is 0 Å². The van der Waals surface area contributed by atoms with Crippen LogP contribution in [0.5, 0.6) is 0 Å². The molecule has 0 aromatic carbocycles. The van der Waals surface area contributed by atoms with Gasteiger partial charge in [-0.15, -0.1) is 0 Å². The van der Waals surface area contributed by atoms with E-state index in [1.54, 1.807) is 19.9 Å². The van der Waals surface area contributed by atoms with Crippen LogP contribution in [0.4, 0.5) is 0 Å². The van der Waals surface area contributed by atoms with E-state index in [4.69, 9.17) is 5.11 Å². The van der Waals surface area contributed by atoms with Crippen molar-refractivity contribution in [2.75, 3.05) is 0 Å². The third kappa shape index (κ3) is 3.80. The standard InChI is InChI=1S/C15H26O4/c1-10(13(16)17)6-5-8-15(4,19)12-7-9-14(3,18)11(12)2/h6,11-12,18-19H,5,7-9H2,1-4H3,(H,16,17)/t11-,12+,14+,15-/m0/s1. The van der Waals surface area contributed by atoms with Crippen LogP contribution in [0.3, 0.4) is 0 Å². The molecule has 0 aliphatic heterocycles.